The predicted octanol–water partition coefficient (Wildman–Crippen LogP) is 4.76. The zero-order valence-corrected chi connectivity index (χ0v) is 19.3. The summed E-state index contributed by atoms with van der Waals surface area (Å²) >= 11 is 0. The van der Waals surface area contributed by atoms with Crippen LogP contribution >= 0.6 is 0 Å². The lowest BCUT2D eigenvalue weighted by molar-refractivity contribution is -0.287. The Labute approximate surface area is 210 Å². The van der Waals surface area contributed by atoms with E-state index in [2.05, 4.69) is 24.5 Å². The fourth-order valence-corrected chi connectivity index (χ4v) is 3.46. The maximum Gasteiger partial charge on any atom is 0.586 e. The summed E-state index contributed by atoms with van der Waals surface area (Å²) in [7, 11) is 1.14. The van der Waals surface area contributed by atoms with Crippen LogP contribution in [0.3, 0.4) is 0 Å². The molecule has 10 nitrogen and oxygen atoms in total. The Balaban J connectivity index is 1.75. The van der Waals surface area contributed by atoms with Crippen molar-refractivity contribution in [1.29, 1.82) is 0 Å². The molecule has 2 amide bonds. The number of hydrogen-bond acceptors (Lipinski definition) is 8. The molecule has 4 rings (SSSR count). The van der Waals surface area contributed by atoms with Gasteiger partial charge in [-0.05, 0) is 31.2 Å². The molecule has 3 aromatic rings. The second-order valence-corrected chi connectivity index (χ2v) is 7.58. The summed E-state index contributed by atoms with van der Waals surface area (Å²) in [5.41, 5.74) is 4.70. The molecule has 2 heterocycles. The van der Waals surface area contributed by atoms with Gasteiger partial charge in [0.2, 0.25) is 0 Å². The molecule has 0 unspecified atom stereocenters. The van der Waals surface area contributed by atoms with Crippen LogP contribution in [0.15, 0.2) is 42.6 Å². The van der Waals surface area contributed by atoms with Crippen LogP contribution in [-0.4, -0.2) is 36.6 Å². The number of nitrogens with zero attached hydrogens (tertiary/aromatic N) is 1. The number of rotatable bonds is 7. The fraction of sp³-hybridized carbons (Fsp3) is 0.174. The van der Waals surface area contributed by atoms with Gasteiger partial charge in [0.15, 0.2) is 23.0 Å². The van der Waals surface area contributed by atoms with Gasteiger partial charge < -0.3 is 34.7 Å². The number of carbonyl (C=O) groups is 2. The molecule has 38 heavy (non-hydrogen) atoms. The number of aromatic nitrogens is 1. The molecule has 0 atom stereocenters. The highest BCUT2D eigenvalue weighted by atomic mass is 19.4. The third kappa shape index (κ3) is 5.61. The third-order valence-electron chi connectivity index (χ3n) is 4.98. The van der Waals surface area contributed by atoms with E-state index in [1.807, 2.05) is 0 Å². The van der Waals surface area contributed by atoms with Crippen molar-refractivity contribution in [3.05, 3.63) is 59.4 Å². The van der Waals surface area contributed by atoms with Crippen molar-refractivity contribution in [2.45, 2.75) is 19.6 Å². The molecule has 15 heteroatoms. The number of benzene rings is 2. The highest BCUT2D eigenvalue weighted by molar-refractivity contribution is 6.08. The zero-order chi connectivity index (χ0) is 27.8. The third-order valence-corrected chi connectivity index (χ3v) is 4.98. The SMILES string of the molecule is COc1cc(OC(F)(F)F)ccc1Oc1cc2c(c(C)c1C(=O)Nc1ccnc(C(N)=O)c1)OC(F)(F)O2. The number of halogens is 5. The Bertz CT molecular complexity index is 1430. The number of anilines is 1. The first-order valence-electron chi connectivity index (χ1n) is 10.4. The highest BCUT2D eigenvalue weighted by Gasteiger charge is 2.46. The van der Waals surface area contributed by atoms with Crippen LogP contribution in [0.1, 0.15) is 26.4 Å². The van der Waals surface area contributed by atoms with Crippen LogP contribution in [0.4, 0.5) is 27.6 Å². The molecule has 0 radical (unpaired) electrons. The van der Waals surface area contributed by atoms with E-state index in [1.165, 1.54) is 25.3 Å². The van der Waals surface area contributed by atoms with E-state index >= 15 is 0 Å². The molecule has 0 fully saturated rings. The minimum Gasteiger partial charge on any atom is -0.493 e. The molecular weight excluding hydrogens is 525 g/mol. The Hall–Kier alpha value is -4.82. The van der Waals surface area contributed by atoms with E-state index in [0.717, 1.165) is 31.4 Å². The van der Waals surface area contributed by atoms with Gasteiger partial charge in [0.05, 0.1) is 12.7 Å². The molecule has 0 bridgehead atoms. The zero-order valence-electron chi connectivity index (χ0n) is 19.3. The van der Waals surface area contributed by atoms with Crippen molar-refractivity contribution in [2.75, 3.05) is 12.4 Å². The Morgan fingerprint density at radius 3 is 2.45 bits per heavy atom. The van der Waals surface area contributed by atoms with Crippen molar-refractivity contribution in [1.82, 2.24) is 4.98 Å². The number of nitrogens with one attached hydrogen (secondary N) is 1. The average molecular weight is 541 g/mol. The van der Waals surface area contributed by atoms with Gasteiger partial charge in [0.1, 0.15) is 17.2 Å². The maximum atomic E-state index is 13.8. The first kappa shape index (κ1) is 26.2. The van der Waals surface area contributed by atoms with Gasteiger partial charge in [-0.25, -0.2) is 0 Å². The number of alkyl halides is 5. The molecule has 0 aliphatic carbocycles. The van der Waals surface area contributed by atoms with Gasteiger partial charge in [-0.2, -0.15) is 0 Å². The van der Waals surface area contributed by atoms with Gasteiger partial charge in [-0.15, -0.1) is 22.0 Å². The van der Waals surface area contributed by atoms with Gasteiger partial charge in [-0.3, -0.25) is 14.6 Å². The minimum atomic E-state index is -4.97. The van der Waals surface area contributed by atoms with Crippen LogP contribution in [0, 0.1) is 6.92 Å². The lowest BCUT2D eigenvalue weighted by atomic mass is 10.0. The molecular formula is C23H16F5N3O7. The van der Waals surface area contributed by atoms with Crippen molar-refractivity contribution < 1.29 is 55.2 Å². The predicted molar refractivity (Wildman–Crippen MR) is 118 cm³/mol. The second-order valence-electron chi connectivity index (χ2n) is 7.58. The topological polar surface area (TPSA) is 131 Å². The average Bonchev–Trinajstić information content (AvgIpc) is 3.13. The number of fused-ring (bicyclic) bond motifs is 1. The van der Waals surface area contributed by atoms with Gasteiger partial charge in [0, 0.05) is 29.6 Å². The van der Waals surface area contributed by atoms with Crippen LogP contribution in [0.2, 0.25) is 0 Å². The van der Waals surface area contributed by atoms with Crippen LogP contribution in [0.5, 0.6) is 34.5 Å². The van der Waals surface area contributed by atoms with Crippen molar-refractivity contribution >= 4 is 17.5 Å². The molecule has 0 spiro atoms. The number of carbonyl (C=O) groups excluding carboxylic acids is 2. The molecule has 200 valence electrons. The summed E-state index contributed by atoms with van der Waals surface area (Å²) in [6.45, 7) is 1.28. The standard InChI is InChI=1S/C23H16F5N3O7/c1-10-18(21(33)31-11-5-6-30-13(7-11)20(29)32)16(9-17-19(10)38-23(27,28)37-17)35-14-4-3-12(8-15(14)34-2)36-22(24,25)26/h3-9H,1-2H3,(H2,29,32)(H,30,31,33). The highest BCUT2D eigenvalue weighted by Crippen LogP contribution is 2.49. The number of nitrogens with two attached hydrogens (primary N) is 1. The summed E-state index contributed by atoms with van der Waals surface area (Å²) < 4.78 is 89.0. The first-order chi connectivity index (χ1) is 17.8. The smallest absolute Gasteiger partial charge is 0.493 e. The number of hydrogen-bond donors (Lipinski definition) is 2. The van der Waals surface area contributed by atoms with E-state index in [-0.39, 0.29) is 39.8 Å². The Kier molecular flexibility index (Phi) is 6.61. The van der Waals surface area contributed by atoms with E-state index in [9.17, 15) is 31.5 Å². The lowest BCUT2D eigenvalue weighted by Gasteiger charge is -2.17. The molecule has 3 N–H and O–H groups in total. The summed E-state index contributed by atoms with van der Waals surface area (Å²) in [5.74, 6) is -4.06. The summed E-state index contributed by atoms with van der Waals surface area (Å²) in [4.78, 5) is 28.4. The summed E-state index contributed by atoms with van der Waals surface area (Å²) in [6, 6.07) is 6.31. The molecule has 0 saturated carbocycles. The van der Waals surface area contributed by atoms with E-state index in [4.69, 9.17) is 15.2 Å². The number of ether oxygens (including phenoxy) is 5. The first-order valence-corrected chi connectivity index (χ1v) is 10.4. The van der Waals surface area contributed by atoms with Gasteiger partial charge >= 0.3 is 12.7 Å². The summed E-state index contributed by atoms with van der Waals surface area (Å²) in [5, 5.41) is 2.47. The van der Waals surface area contributed by atoms with E-state index in [1.54, 1.807) is 0 Å². The van der Waals surface area contributed by atoms with E-state index < -0.39 is 41.7 Å². The van der Waals surface area contributed by atoms with Crippen LogP contribution < -0.4 is 34.7 Å². The minimum absolute atomic E-state index is 0.0818. The number of methoxy groups -OCH3 is 1. The monoisotopic (exact) mass is 541 g/mol. The number of primary amides is 1. The largest absolute Gasteiger partial charge is 0.586 e. The Morgan fingerprint density at radius 2 is 1.79 bits per heavy atom. The molecule has 1 aromatic heterocycles. The van der Waals surface area contributed by atoms with E-state index in [0.29, 0.717) is 0 Å². The van der Waals surface area contributed by atoms with Gasteiger partial charge in [0.25, 0.3) is 11.8 Å². The van der Waals surface area contributed by atoms with Crippen molar-refractivity contribution in [3.63, 3.8) is 0 Å². The second kappa shape index (κ2) is 9.57. The van der Waals surface area contributed by atoms with Crippen LogP contribution in [-0.2, 0) is 0 Å². The fourth-order valence-electron chi connectivity index (χ4n) is 3.46. The summed E-state index contributed by atoms with van der Waals surface area (Å²) in [6.07, 6.45) is -7.80. The molecule has 1 aliphatic rings. The maximum absolute atomic E-state index is 13.8. The lowest BCUT2D eigenvalue weighted by Crippen LogP contribution is -2.26. The van der Waals surface area contributed by atoms with Crippen LogP contribution in [0.25, 0.3) is 0 Å². The number of amides is 2. The van der Waals surface area contributed by atoms with Crippen molar-refractivity contribution in [2.24, 2.45) is 5.73 Å². The Morgan fingerprint density at radius 1 is 1.05 bits per heavy atom. The molecule has 0 saturated heterocycles. The number of pyridine rings is 1. The molecule has 1 aliphatic heterocycles. The normalized spacial score (nSPS) is 13.6. The molecule has 2 aromatic carbocycles. The van der Waals surface area contributed by atoms with Crippen molar-refractivity contribution in [3.8, 4) is 34.5 Å². The quantitative estimate of drug-likeness (QED) is 0.410. The van der Waals surface area contributed by atoms with Gasteiger partial charge in [-0.1, -0.05) is 0 Å².